The molecular weight excluding hydrogens is 193 g/mol. The first-order valence-corrected chi connectivity index (χ1v) is 4.63. The Hall–Kier alpha value is -1.82. The molecule has 1 aromatic rings. The molecule has 1 rings (SSSR count). The Morgan fingerprint density at radius 1 is 1.60 bits per heavy atom. The fourth-order valence-corrected chi connectivity index (χ4v) is 1.16. The third-order valence-electron chi connectivity index (χ3n) is 1.92. The molecule has 78 valence electrons. The smallest absolute Gasteiger partial charge is 0.254 e. The third-order valence-corrected chi connectivity index (χ3v) is 1.92. The van der Waals surface area contributed by atoms with Crippen molar-refractivity contribution in [3.05, 3.63) is 35.1 Å². The van der Waals surface area contributed by atoms with Crippen LogP contribution in [-0.4, -0.2) is 12.5 Å². The summed E-state index contributed by atoms with van der Waals surface area (Å²) in [6.45, 7) is 2.17. The summed E-state index contributed by atoms with van der Waals surface area (Å²) in [4.78, 5) is 11.5. The second-order valence-corrected chi connectivity index (χ2v) is 3.19. The van der Waals surface area contributed by atoms with Gasteiger partial charge < -0.3 is 5.32 Å². The van der Waals surface area contributed by atoms with Crippen molar-refractivity contribution in [2.75, 3.05) is 6.54 Å². The van der Waals surface area contributed by atoms with Gasteiger partial charge in [-0.1, -0.05) is 11.6 Å². The molecule has 1 N–H and O–H groups in total. The van der Waals surface area contributed by atoms with Crippen molar-refractivity contribution < 1.29 is 9.18 Å². The van der Waals surface area contributed by atoms with Gasteiger partial charge in [-0.3, -0.25) is 4.79 Å². The minimum atomic E-state index is -0.515. The predicted molar refractivity (Wildman–Crippen MR) is 56.9 cm³/mol. The molecule has 0 unspecified atom stereocenters. The van der Waals surface area contributed by atoms with Crippen molar-refractivity contribution in [2.45, 2.75) is 13.3 Å². The van der Waals surface area contributed by atoms with Gasteiger partial charge in [0, 0.05) is 13.0 Å². The summed E-state index contributed by atoms with van der Waals surface area (Å²) in [7, 11) is 0. The van der Waals surface area contributed by atoms with Crippen LogP contribution in [0.2, 0.25) is 0 Å². The Kier molecular flexibility index (Phi) is 3.87. The molecule has 0 fully saturated rings. The van der Waals surface area contributed by atoms with E-state index in [9.17, 15) is 9.18 Å². The predicted octanol–water partition coefficient (Wildman–Crippen LogP) is 1.89. The van der Waals surface area contributed by atoms with Crippen molar-refractivity contribution in [2.24, 2.45) is 0 Å². The molecule has 0 spiro atoms. The zero-order valence-corrected chi connectivity index (χ0v) is 8.51. The van der Waals surface area contributed by atoms with Crippen LogP contribution < -0.4 is 5.32 Å². The molecule has 0 radical (unpaired) electrons. The molecule has 0 aliphatic heterocycles. The second kappa shape index (κ2) is 5.16. The van der Waals surface area contributed by atoms with Crippen molar-refractivity contribution in [3.8, 4) is 12.3 Å². The average Bonchev–Trinajstić information content (AvgIpc) is 2.22. The van der Waals surface area contributed by atoms with E-state index in [1.54, 1.807) is 13.0 Å². The summed E-state index contributed by atoms with van der Waals surface area (Å²) in [5.74, 6) is 1.45. The van der Waals surface area contributed by atoms with Gasteiger partial charge >= 0.3 is 0 Å². The monoisotopic (exact) mass is 205 g/mol. The van der Waals surface area contributed by atoms with Crippen LogP contribution in [0.4, 0.5) is 4.39 Å². The standard InChI is InChI=1S/C12H12FNO/c1-3-4-7-14-12(15)10-8-9(2)5-6-11(10)13/h1,5-6,8H,4,7H2,2H3,(H,14,15). The third kappa shape index (κ3) is 3.10. The molecule has 0 atom stereocenters. The van der Waals surface area contributed by atoms with Gasteiger partial charge in [0.25, 0.3) is 5.91 Å². The number of terminal acetylenes is 1. The van der Waals surface area contributed by atoms with Crippen LogP contribution in [0.1, 0.15) is 22.3 Å². The van der Waals surface area contributed by atoms with Crippen LogP contribution in [0.3, 0.4) is 0 Å². The van der Waals surface area contributed by atoms with Gasteiger partial charge in [0.2, 0.25) is 0 Å². The summed E-state index contributed by atoms with van der Waals surface area (Å²) >= 11 is 0. The first kappa shape index (κ1) is 11.3. The van der Waals surface area contributed by atoms with Gasteiger partial charge in [-0.05, 0) is 19.1 Å². The highest BCUT2D eigenvalue weighted by molar-refractivity contribution is 5.94. The zero-order chi connectivity index (χ0) is 11.3. The lowest BCUT2D eigenvalue weighted by Gasteiger charge is -2.05. The Labute approximate surface area is 88.5 Å². The van der Waals surface area contributed by atoms with Gasteiger partial charge in [0.05, 0.1) is 5.56 Å². The lowest BCUT2D eigenvalue weighted by molar-refractivity contribution is 0.0950. The highest BCUT2D eigenvalue weighted by Gasteiger charge is 2.10. The van der Waals surface area contributed by atoms with Gasteiger partial charge in [0.1, 0.15) is 5.82 Å². The number of halogens is 1. The van der Waals surface area contributed by atoms with Crippen molar-refractivity contribution in [3.63, 3.8) is 0 Å². The topological polar surface area (TPSA) is 29.1 Å². The normalized spacial score (nSPS) is 9.40. The first-order valence-electron chi connectivity index (χ1n) is 4.63. The molecular formula is C12H12FNO. The van der Waals surface area contributed by atoms with E-state index < -0.39 is 11.7 Å². The fraction of sp³-hybridized carbons (Fsp3) is 0.250. The van der Waals surface area contributed by atoms with E-state index in [1.807, 2.05) is 0 Å². The van der Waals surface area contributed by atoms with E-state index >= 15 is 0 Å². The van der Waals surface area contributed by atoms with Crippen LogP contribution in [0.5, 0.6) is 0 Å². The molecule has 0 aliphatic carbocycles. The number of benzene rings is 1. The van der Waals surface area contributed by atoms with E-state index in [1.165, 1.54) is 12.1 Å². The average molecular weight is 205 g/mol. The minimum absolute atomic E-state index is 0.0621. The molecule has 0 saturated heterocycles. The van der Waals surface area contributed by atoms with Crippen LogP contribution >= 0.6 is 0 Å². The van der Waals surface area contributed by atoms with E-state index in [-0.39, 0.29) is 5.56 Å². The van der Waals surface area contributed by atoms with Crippen LogP contribution in [-0.2, 0) is 0 Å². The Morgan fingerprint density at radius 3 is 3.00 bits per heavy atom. The lowest BCUT2D eigenvalue weighted by atomic mass is 10.1. The van der Waals surface area contributed by atoms with E-state index in [0.29, 0.717) is 13.0 Å². The molecule has 0 saturated carbocycles. The lowest BCUT2D eigenvalue weighted by Crippen LogP contribution is -2.25. The molecule has 0 aromatic heterocycles. The van der Waals surface area contributed by atoms with Crippen molar-refractivity contribution in [1.82, 2.24) is 5.32 Å². The van der Waals surface area contributed by atoms with Crippen molar-refractivity contribution in [1.29, 1.82) is 0 Å². The van der Waals surface area contributed by atoms with Crippen LogP contribution in [0.25, 0.3) is 0 Å². The van der Waals surface area contributed by atoms with Gasteiger partial charge in [0.15, 0.2) is 0 Å². The largest absolute Gasteiger partial charge is 0.351 e. The highest BCUT2D eigenvalue weighted by Crippen LogP contribution is 2.09. The summed E-state index contributed by atoms with van der Waals surface area (Å²) in [5.41, 5.74) is 0.908. The number of hydrogen-bond acceptors (Lipinski definition) is 1. The number of amides is 1. The fourth-order valence-electron chi connectivity index (χ4n) is 1.16. The van der Waals surface area contributed by atoms with Crippen LogP contribution in [0, 0.1) is 25.1 Å². The molecule has 0 heterocycles. The number of rotatable bonds is 3. The summed E-state index contributed by atoms with van der Waals surface area (Å²) < 4.78 is 13.2. The van der Waals surface area contributed by atoms with E-state index in [2.05, 4.69) is 11.2 Å². The molecule has 15 heavy (non-hydrogen) atoms. The summed E-state index contributed by atoms with van der Waals surface area (Å²) in [6, 6.07) is 4.42. The first-order chi connectivity index (χ1) is 7.15. The highest BCUT2D eigenvalue weighted by atomic mass is 19.1. The van der Waals surface area contributed by atoms with Gasteiger partial charge in [-0.2, -0.15) is 0 Å². The number of nitrogens with one attached hydrogen (secondary N) is 1. The number of carbonyl (C=O) groups excluding carboxylic acids is 1. The van der Waals surface area contributed by atoms with E-state index in [4.69, 9.17) is 6.42 Å². The van der Waals surface area contributed by atoms with Crippen LogP contribution in [0.15, 0.2) is 18.2 Å². The maximum atomic E-state index is 13.2. The maximum absolute atomic E-state index is 13.2. The summed E-state index contributed by atoms with van der Waals surface area (Å²) in [6.07, 6.45) is 5.48. The molecule has 1 aromatic carbocycles. The zero-order valence-electron chi connectivity index (χ0n) is 8.51. The minimum Gasteiger partial charge on any atom is -0.351 e. The number of carbonyl (C=O) groups is 1. The van der Waals surface area contributed by atoms with Gasteiger partial charge in [-0.25, -0.2) is 4.39 Å². The molecule has 0 bridgehead atoms. The number of hydrogen-bond donors (Lipinski definition) is 1. The Morgan fingerprint density at radius 2 is 2.33 bits per heavy atom. The van der Waals surface area contributed by atoms with Gasteiger partial charge in [-0.15, -0.1) is 12.3 Å². The molecule has 3 heteroatoms. The Balaban J connectivity index is 2.73. The molecule has 1 amide bonds. The summed E-state index contributed by atoms with van der Waals surface area (Å²) in [5, 5.41) is 2.55. The molecule has 0 aliphatic rings. The SMILES string of the molecule is C#CCCNC(=O)c1cc(C)ccc1F. The maximum Gasteiger partial charge on any atom is 0.254 e. The molecule has 2 nitrogen and oxygen atoms in total. The number of aryl methyl sites for hydroxylation is 1. The quantitative estimate of drug-likeness (QED) is 0.592. The second-order valence-electron chi connectivity index (χ2n) is 3.19. The Bertz CT molecular complexity index is 407. The van der Waals surface area contributed by atoms with Crippen molar-refractivity contribution >= 4 is 5.91 Å². The van der Waals surface area contributed by atoms with E-state index in [0.717, 1.165) is 5.56 Å².